The van der Waals surface area contributed by atoms with Crippen molar-refractivity contribution >= 4 is 23.3 Å². The molecule has 3 amide bonds. The summed E-state index contributed by atoms with van der Waals surface area (Å²) in [5.41, 5.74) is 0.873. The minimum Gasteiger partial charge on any atom is -0.336 e. The van der Waals surface area contributed by atoms with E-state index in [2.05, 4.69) is 10.3 Å². The zero-order chi connectivity index (χ0) is 17.1. The Morgan fingerprint density at radius 1 is 1.33 bits per heavy atom. The number of urea groups is 1. The molecule has 1 atom stereocenters. The molecule has 2 heterocycles. The SMILES string of the molecule is Cc1nc([C@H](C)NC(=O)N2CCN(C3CCCCC3)C(=O)C2)cs1. The number of carbonyl (C=O) groups is 2. The number of nitrogens with one attached hydrogen (secondary N) is 1. The third-order valence-corrected chi connectivity index (χ3v) is 5.77. The molecule has 6 nitrogen and oxygen atoms in total. The molecule has 0 radical (unpaired) electrons. The molecule has 132 valence electrons. The smallest absolute Gasteiger partial charge is 0.318 e. The Bertz CT molecular complexity index is 597. The summed E-state index contributed by atoms with van der Waals surface area (Å²) in [5, 5.41) is 5.91. The van der Waals surface area contributed by atoms with E-state index in [-0.39, 0.29) is 24.5 Å². The van der Waals surface area contributed by atoms with Gasteiger partial charge in [-0.2, -0.15) is 0 Å². The molecule has 1 saturated carbocycles. The van der Waals surface area contributed by atoms with Gasteiger partial charge in [0.1, 0.15) is 6.54 Å². The van der Waals surface area contributed by atoms with E-state index in [4.69, 9.17) is 0 Å². The number of hydrogen-bond acceptors (Lipinski definition) is 4. The summed E-state index contributed by atoms with van der Waals surface area (Å²) in [6.45, 7) is 5.32. The van der Waals surface area contributed by atoms with Gasteiger partial charge in [-0.3, -0.25) is 4.79 Å². The molecule has 0 aromatic carbocycles. The number of thiazole rings is 1. The predicted octanol–water partition coefficient (Wildman–Crippen LogP) is 2.70. The molecule has 1 aromatic heterocycles. The van der Waals surface area contributed by atoms with Gasteiger partial charge in [-0.15, -0.1) is 11.3 Å². The number of carbonyl (C=O) groups excluding carboxylic acids is 2. The molecule has 1 N–H and O–H groups in total. The van der Waals surface area contributed by atoms with Crippen molar-refractivity contribution < 1.29 is 9.59 Å². The highest BCUT2D eigenvalue weighted by molar-refractivity contribution is 7.09. The summed E-state index contributed by atoms with van der Waals surface area (Å²) in [6.07, 6.45) is 5.92. The second-order valence-electron chi connectivity index (χ2n) is 6.76. The van der Waals surface area contributed by atoms with Crippen LogP contribution < -0.4 is 5.32 Å². The molecule has 1 saturated heterocycles. The van der Waals surface area contributed by atoms with E-state index in [0.717, 1.165) is 23.5 Å². The lowest BCUT2D eigenvalue weighted by atomic mass is 9.93. The minimum atomic E-state index is -0.176. The number of rotatable bonds is 3. The fourth-order valence-corrected chi connectivity index (χ4v) is 4.27. The van der Waals surface area contributed by atoms with E-state index in [1.807, 2.05) is 24.1 Å². The summed E-state index contributed by atoms with van der Waals surface area (Å²) in [7, 11) is 0. The van der Waals surface area contributed by atoms with Crippen molar-refractivity contribution in [2.24, 2.45) is 0 Å². The van der Waals surface area contributed by atoms with Crippen molar-refractivity contribution in [3.8, 4) is 0 Å². The van der Waals surface area contributed by atoms with Crippen LogP contribution in [0.4, 0.5) is 4.79 Å². The average molecular weight is 350 g/mol. The third-order valence-electron chi connectivity index (χ3n) is 4.98. The molecule has 1 aliphatic heterocycles. The van der Waals surface area contributed by atoms with Crippen LogP contribution in [-0.2, 0) is 4.79 Å². The predicted molar refractivity (Wildman–Crippen MR) is 94.0 cm³/mol. The van der Waals surface area contributed by atoms with Gasteiger partial charge in [0, 0.05) is 24.5 Å². The van der Waals surface area contributed by atoms with Gasteiger partial charge < -0.3 is 15.1 Å². The van der Waals surface area contributed by atoms with Crippen molar-refractivity contribution in [1.29, 1.82) is 0 Å². The van der Waals surface area contributed by atoms with Crippen molar-refractivity contribution in [2.45, 2.75) is 58.0 Å². The van der Waals surface area contributed by atoms with E-state index in [0.29, 0.717) is 19.1 Å². The van der Waals surface area contributed by atoms with Gasteiger partial charge in [-0.1, -0.05) is 19.3 Å². The van der Waals surface area contributed by atoms with Crippen LogP contribution in [0.3, 0.4) is 0 Å². The lowest BCUT2D eigenvalue weighted by Crippen LogP contribution is -2.57. The molecule has 0 spiro atoms. The highest BCUT2D eigenvalue weighted by atomic mass is 32.1. The van der Waals surface area contributed by atoms with Crippen molar-refractivity contribution in [3.63, 3.8) is 0 Å². The van der Waals surface area contributed by atoms with Gasteiger partial charge in [0.25, 0.3) is 0 Å². The van der Waals surface area contributed by atoms with Crippen molar-refractivity contribution in [1.82, 2.24) is 20.1 Å². The van der Waals surface area contributed by atoms with Gasteiger partial charge in [-0.05, 0) is 26.7 Å². The molecule has 0 unspecified atom stereocenters. The van der Waals surface area contributed by atoms with E-state index in [1.54, 1.807) is 16.2 Å². The zero-order valence-corrected chi connectivity index (χ0v) is 15.3. The molecule has 1 aromatic rings. The molecular formula is C17H26N4O2S. The molecule has 1 aliphatic carbocycles. The summed E-state index contributed by atoms with van der Waals surface area (Å²) in [6, 6.07) is 0.0621. The van der Waals surface area contributed by atoms with Gasteiger partial charge in [0.05, 0.1) is 16.7 Å². The van der Waals surface area contributed by atoms with Crippen molar-refractivity contribution in [2.75, 3.05) is 19.6 Å². The van der Waals surface area contributed by atoms with Crippen LogP contribution in [-0.4, -0.2) is 52.4 Å². The Kier molecular flexibility index (Phi) is 5.38. The molecule has 2 fully saturated rings. The summed E-state index contributed by atoms with van der Waals surface area (Å²) >= 11 is 1.58. The average Bonchev–Trinajstić information content (AvgIpc) is 3.02. The molecule has 2 aliphatic rings. The number of piperazine rings is 1. The Morgan fingerprint density at radius 2 is 2.08 bits per heavy atom. The quantitative estimate of drug-likeness (QED) is 0.911. The molecule has 0 bridgehead atoms. The fourth-order valence-electron chi connectivity index (χ4n) is 3.57. The Labute approximate surface area is 147 Å². The van der Waals surface area contributed by atoms with E-state index in [1.165, 1.54) is 19.3 Å². The van der Waals surface area contributed by atoms with E-state index < -0.39 is 0 Å². The van der Waals surface area contributed by atoms with Crippen LogP contribution in [0.1, 0.15) is 55.8 Å². The Hall–Kier alpha value is -1.63. The van der Waals surface area contributed by atoms with Crippen LogP contribution >= 0.6 is 11.3 Å². The summed E-state index contributed by atoms with van der Waals surface area (Å²) in [5.74, 6) is 0.0838. The topological polar surface area (TPSA) is 65.5 Å². The molecule has 7 heteroatoms. The van der Waals surface area contributed by atoms with Crippen molar-refractivity contribution in [3.05, 3.63) is 16.1 Å². The molecule has 3 rings (SSSR count). The number of aromatic nitrogens is 1. The first kappa shape index (κ1) is 17.2. The standard InChI is InChI=1S/C17H26N4O2S/c1-12(15-11-24-13(2)19-15)18-17(23)20-8-9-21(16(22)10-20)14-6-4-3-5-7-14/h11-12,14H,3-10H2,1-2H3,(H,18,23)/t12-/m0/s1. The monoisotopic (exact) mass is 350 g/mol. The largest absolute Gasteiger partial charge is 0.336 e. The molecule has 24 heavy (non-hydrogen) atoms. The van der Waals surface area contributed by atoms with E-state index in [9.17, 15) is 9.59 Å². The first-order valence-corrected chi connectivity index (χ1v) is 9.69. The van der Waals surface area contributed by atoms with E-state index >= 15 is 0 Å². The van der Waals surface area contributed by atoms with Gasteiger partial charge >= 0.3 is 6.03 Å². The third kappa shape index (κ3) is 3.88. The van der Waals surface area contributed by atoms with Crippen LogP contribution in [0.15, 0.2) is 5.38 Å². The number of nitrogens with zero attached hydrogens (tertiary/aromatic N) is 3. The zero-order valence-electron chi connectivity index (χ0n) is 14.5. The van der Waals surface area contributed by atoms with Crippen LogP contribution in [0.25, 0.3) is 0 Å². The summed E-state index contributed by atoms with van der Waals surface area (Å²) < 4.78 is 0. The maximum Gasteiger partial charge on any atom is 0.318 e. The first-order valence-electron chi connectivity index (χ1n) is 8.81. The highest BCUT2D eigenvalue weighted by Gasteiger charge is 2.32. The Balaban J connectivity index is 1.53. The van der Waals surface area contributed by atoms with Gasteiger partial charge in [0.2, 0.25) is 5.91 Å². The van der Waals surface area contributed by atoms with Crippen LogP contribution in [0.5, 0.6) is 0 Å². The summed E-state index contributed by atoms with van der Waals surface area (Å²) in [4.78, 5) is 32.9. The maximum atomic E-state index is 12.5. The minimum absolute atomic E-state index is 0.0838. The molecular weight excluding hydrogens is 324 g/mol. The second kappa shape index (κ2) is 7.51. The first-order chi connectivity index (χ1) is 11.5. The lowest BCUT2D eigenvalue weighted by molar-refractivity contribution is -0.138. The number of aryl methyl sites for hydroxylation is 1. The maximum absolute atomic E-state index is 12.5. The second-order valence-corrected chi connectivity index (χ2v) is 7.83. The van der Waals surface area contributed by atoms with Crippen LogP contribution in [0.2, 0.25) is 0 Å². The highest BCUT2D eigenvalue weighted by Crippen LogP contribution is 2.24. The fraction of sp³-hybridized carbons (Fsp3) is 0.706. The lowest BCUT2D eigenvalue weighted by Gasteiger charge is -2.40. The van der Waals surface area contributed by atoms with Crippen LogP contribution in [0, 0.1) is 6.92 Å². The number of hydrogen-bond donors (Lipinski definition) is 1. The number of amides is 3. The Morgan fingerprint density at radius 3 is 2.71 bits per heavy atom. The normalized spacial score (nSPS) is 21.0. The van der Waals surface area contributed by atoms with Gasteiger partial charge in [0.15, 0.2) is 0 Å². The van der Waals surface area contributed by atoms with Gasteiger partial charge in [-0.25, -0.2) is 9.78 Å².